The number of para-hydroxylation sites is 1. The number of rotatable bonds is 5. The van der Waals surface area contributed by atoms with Crippen LogP contribution in [-0.4, -0.2) is 11.6 Å². The molecule has 0 radical (unpaired) electrons. The lowest BCUT2D eigenvalue weighted by molar-refractivity contribution is 0.398. The van der Waals surface area contributed by atoms with E-state index < -0.39 is 0 Å². The van der Waals surface area contributed by atoms with Crippen molar-refractivity contribution < 1.29 is 0 Å². The van der Waals surface area contributed by atoms with Crippen LogP contribution in [0.25, 0.3) is 0 Å². The molecule has 0 unspecified atom stereocenters. The van der Waals surface area contributed by atoms with Crippen molar-refractivity contribution in [2.45, 2.75) is 66.8 Å². The molecule has 1 heterocycles. The van der Waals surface area contributed by atoms with Gasteiger partial charge in [-0.05, 0) is 60.4 Å². The Hall–Kier alpha value is -2.22. The van der Waals surface area contributed by atoms with Gasteiger partial charge in [0.25, 0.3) is 0 Å². The van der Waals surface area contributed by atoms with E-state index in [1.54, 1.807) is 0 Å². The van der Waals surface area contributed by atoms with Gasteiger partial charge in [0.15, 0.2) is 0 Å². The zero-order valence-corrected chi connectivity index (χ0v) is 18.0. The van der Waals surface area contributed by atoms with E-state index in [1.807, 2.05) is 0 Å². The summed E-state index contributed by atoms with van der Waals surface area (Å²) in [6.45, 7) is 17.7. The second-order valence-corrected chi connectivity index (χ2v) is 8.63. The van der Waals surface area contributed by atoms with Crippen LogP contribution >= 0.6 is 0 Å². The zero-order chi connectivity index (χ0) is 19.7. The zero-order valence-electron chi connectivity index (χ0n) is 18.0. The van der Waals surface area contributed by atoms with Gasteiger partial charge in [0, 0.05) is 24.6 Å². The number of hydrogen-bond donors (Lipinski definition) is 0. The minimum absolute atomic E-state index is 0.516. The summed E-state index contributed by atoms with van der Waals surface area (Å²) in [5.74, 6) is 1.03. The van der Waals surface area contributed by atoms with Crippen molar-refractivity contribution >= 4 is 5.69 Å². The molecule has 1 aliphatic rings. The Morgan fingerprint density at radius 1 is 0.852 bits per heavy atom. The van der Waals surface area contributed by atoms with E-state index in [4.69, 9.17) is 0 Å². The Morgan fingerprint density at radius 3 is 1.93 bits per heavy atom. The third kappa shape index (κ3) is 4.05. The van der Waals surface area contributed by atoms with Crippen LogP contribution < -0.4 is 4.90 Å². The van der Waals surface area contributed by atoms with Gasteiger partial charge in [-0.25, -0.2) is 0 Å². The summed E-state index contributed by atoms with van der Waals surface area (Å²) in [5, 5.41) is 0. The molecule has 1 aliphatic heterocycles. The first-order valence-electron chi connectivity index (χ1n) is 10.2. The van der Waals surface area contributed by atoms with E-state index in [9.17, 15) is 0 Å². The van der Waals surface area contributed by atoms with Crippen molar-refractivity contribution in [1.82, 2.24) is 4.90 Å². The molecule has 0 spiro atoms. The molecule has 0 saturated carbocycles. The van der Waals surface area contributed by atoms with E-state index in [0.29, 0.717) is 11.8 Å². The van der Waals surface area contributed by atoms with Crippen LogP contribution in [0.3, 0.4) is 0 Å². The molecule has 2 heteroatoms. The van der Waals surface area contributed by atoms with Gasteiger partial charge in [0.2, 0.25) is 0 Å². The first kappa shape index (κ1) is 19.5. The predicted octanol–water partition coefficient (Wildman–Crippen LogP) is 6.61. The van der Waals surface area contributed by atoms with Crippen LogP contribution in [0, 0.1) is 20.8 Å². The van der Waals surface area contributed by atoms with Crippen LogP contribution in [0.2, 0.25) is 0 Å². The number of benzene rings is 2. The minimum Gasteiger partial charge on any atom is -0.354 e. The van der Waals surface area contributed by atoms with Crippen molar-refractivity contribution in [2.75, 3.05) is 11.6 Å². The largest absolute Gasteiger partial charge is 0.354 e. The molecule has 0 atom stereocenters. The molecule has 0 amide bonds. The molecule has 27 heavy (non-hydrogen) atoms. The fourth-order valence-electron chi connectivity index (χ4n) is 4.22. The van der Waals surface area contributed by atoms with Crippen molar-refractivity contribution in [3.63, 3.8) is 0 Å². The van der Waals surface area contributed by atoms with Gasteiger partial charge in [-0.1, -0.05) is 63.6 Å². The van der Waals surface area contributed by atoms with E-state index >= 15 is 0 Å². The number of anilines is 1. The molecule has 2 aromatic rings. The highest BCUT2D eigenvalue weighted by Crippen LogP contribution is 2.37. The van der Waals surface area contributed by atoms with Gasteiger partial charge < -0.3 is 9.80 Å². The van der Waals surface area contributed by atoms with E-state index in [1.165, 1.54) is 39.1 Å². The van der Waals surface area contributed by atoms with Gasteiger partial charge in [0.05, 0.1) is 6.67 Å². The second kappa shape index (κ2) is 7.80. The minimum atomic E-state index is 0.516. The Labute approximate surface area is 165 Å². The normalized spacial score (nSPS) is 14.1. The lowest BCUT2D eigenvalue weighted by Gasteiger charge is -2.29. The summed E-state index contributed by atoms with van der Waals surface area (Å²) in [5.41, 5.74) is 9.87. The van der Waals surface area contributed by atoms with Gasteiger partial charge in [-0.15, -0.1) is 0 Å². The summed E-state index contributed by atoms with van der Waals surface area (Å²) in [6.07, 6.45) is 4.51. The van der Waals surface area contributed by atoms with Gasteiger partial charge >= 0.3 is 0 Å². The number of aryl methyl sites for hydroxylation is 3. The standard InChI is InChI=1S/C25H34N2/c1-17(2)22-9-8-10-23(18(3)4)25(22)27-12-11-26(16-27)15-24-20(6)13-19(5)14-21(24)7/h8-14,17-18H,15-16H2,1-7H3. The molecule has 0 N–H and O–H groups in total. The van der Waals surface area contributed by atoms with Crippen LogP contribution in [-0.2, 0) is 6.54 Å². The maximum absolute atomic E-state index is 2.43. The molecule has 0 fully saturated rings. The number of nitrogens with zero attached hydrogens (tertiary/aromatic N) is 2. The Balaban J connectivity index is 1.87. The monoisotopic (exact) mass is 362 g/mol. The molecule has 3 rings (SSSR count). The van der Waals surface area contributed by atoms with Crippen LogP contribution in [0.5, 0.6) is 0 Å². The van der Waals surface area contributed by atoms with Crippen molar-refractivity contribution in [3.05, 3.63) is 76.1 Å². The molecule has 0 aromatic heterocycles. The average molecular weight is 363 g/mol. The topological polar surface area (TPSA) is 6.48 Å². The molecular formula is C25H34N2. The lowest BCUT2D eigenvalue weighted by Crippen LogP contribution is -2.27. The smallest absolute Gasteiger partial charge is 0.0945 e. The fraction of sp³-hybridized carbons (Fsp3) is 0.440. The number of hydrogen-bond acceptors (Lipinski definition) is 2. The molecule has 0 bridgehead atoms. The summed E-state index contributed by atoms with van der Waals surface area (Å²) in [6, 6.07) is 11.4. The molecular weight excluding hydrogens is 328 g/mol. The fourth-order valence-corrected chi connectivity index (χ4v) is 4.22. The Kier molecular flexibility index (Phi) is 5.64. The summed E-state index contributed by atoms with van der Waals surface area (Å²) in [7, 11) is 0. The SMILES string of the molecule is Cc1cc(C)c(CN2C=CN(c3c(C(C)C)cccc3C(C)C)C2)c(C)c1. The highest BCUT2D eigenvalue weighted by Gasteiger charge is 2.22. The first-order valence-corrected chi connectivity index (χ1v) is 10.2. The second-order valence-electron chi connectivity index (χ2n) is 8.63. The maximum Gasteiger partial charge on any atom is 0.0945 e. The van der Waals surface area contributed by atoms with Crippen LogP contribution in [0.4, 0.5) is 5.69 Å². The highest BCUT2D eigenvalue weighted by molar-refractivity contribution is 5.64. The summed E-state index contributed by atoms with van der Waals surface area (Å²) >= 11 is 0. The van der Waals surface area contributed by atoms with Crippen LogP contribution in [0.15, 0.2) is 42.7 Å². The molecule has 0 saturated heterocycles. The quantitative estimate of drug-likeness (QED) is 0.590. The third-order valence-corrected chi connectivity index (χ3v) is 5.62. The third-order valence-electron chi connectivity index (χ3n) is 5.62. The van der Waals surface area contributed by atoms with Crippen molar-refractivity contribution in [1.29, 1.82) is 0 Å². The van der Waals surface area contributed by atoms with Crippen molar-refractivity contribution in [3.8, 4) is 0 Å². The first-order chi connectivity index (χ1) is 12.8. The van der Waals surface area contributed by atoms with Gasteiger partial charge in [-0.3, -0.25) is 0 Å². The Morgan fingerprint density at radius 2 is 1.41 bits per heavy atom. The van der Waals surface area contributed by atoms with Gasteiger partial charge in [0.1, 0.15) is 0 Å². The lowest BCUT2D eigenvalue weighted by atomic mass is 9.92. The summed E-state index contributed by atoms with van der Waals surface area (Å²) in [4.78, 5) is 4.86. The van der Waals surface area contributed by atoms with E-state index in [-0.39, 0.29) is 0 Å². The Bertz CT molecular complexity index is 796. The van der Waals surface area contributed by atoms with E-state index in [2.05, 4.69) is 101 Å². The summed E-state index contributed by atoms with van der Waals surface area (Å²) < 4.78 is 0. The molecule has 144 valence electrons. The van der Waals surface area contributed by atoms with Crippen LogP contribution in [0.1, 0.15) is 72.9 Å². The van der Waals surface area contributed by atoms with E-state index in [0.717, 1.165) is 13.2 Å². The van der Waals surface area contributed by atoms with Crippen molar-refractivity contribution in [2.24, 2.45) is 0 Å². The highest BCUT2D eigenvalue weighted by atomic mass is 15.3. The van der Waals surface area contributed by atoms with Gasteiger partial charge in [-0.2, -0.15) is 0 Å². The molecule has 2 aromatic carbocycles. The predicted molar refractivity (Wildman–Crippen MR) is 117 cm³/mol. The molecule has 2 nitrogen and oxygen atoms in total. The average Bonchev–Trinajstić information content (AvgIpc) is 3.05. The molecule has 0 aliphatic carbocycles. The maximum atomic E-state index is 2.43.